The Balaban J connectivity index is 1.95. The molecule has 1 aliphatic heterocycles. The number of aliphatic imine (C=N–C) groups is 1. The van der Waals surface area contributed by atoms with E-state index in [-0.39, 0.29) is 0 Å². The highest BCUT2D eigenvalue weighted by Crippen LogP contribution is 2.38. The predicted molar refractivity (Wildman–Crippen MR) is 108 cm³/mol. The Morgan fingerprint density at radius 1 is 1.07 bits per heavy atom. The third-order valence-electron chi connectivity index (χ3n) is 4.89. The summed E-state index contributed by atoms with van der Waals surface area (Å²) in [5.41, 5.74) is 1.02. The van der Waals surface area contributed by atoms with Gasteiger partial charge in [0.1, 0.15) is 0 Å². The lowest BCUT2D eigenvalue weighted by Gasteiger charge is -2.37. The lowest BCUT2D eigenvalue weighted by molar-refractivity contribution is 0.116. The van der Waals surface area contributed by atoms with Crippen molar-refractivity contribution in [2.45, 2.75) is 12.6 Å². The van der Waals surface area contributed by atoms with Crippen molar-refractivity contribution in [3.8, 4) is 17.2 Å². The molecular weight excluding hydrogens is 346 g/mol. The van der Waals surface area contributed by atoms with Crippen LogP contribution in [0.1, 0.15) is 5.56 Å². The van der Waals surface area contributed by atoms with E-state index in [0.29, 0.717) is 29.8 Å². The van der Waals surface area contributed by atoms with E-state index in [9.17, 15) is 0 Å². The van der Waals surface area contributed by atoms with E-state index in [1.165, 1.54) is 0 Å². The molecule has 0 aromatic heterocycles. The quantitative estimate of drug-likeness (QED) is 0.532. The lowest BCUT2D eigenvalue weighted by Crippen LogP contribution is -2.55. The minimum atomic E-state index is 0.462. The van der Waals surface area contributed by atoms with Gasteiger partial charge in [-0.2, -0.15) is 0 Å². The number of ether oxygens (including phenoxy) is 3. The summed E-state index contributed by atoms with van der Waals surface area (Å²) in [7, 11) is 11.0. The van der Waals surface area contributed by atoms with Crippen molar-refractivity contribution < 1.29 is 14.2 Å². The molecule has 8 nitrogen and oxygen atoms in total. The van der Waals surface area contributed by atoms with Gasteiger partial charge < -0.3 is 29.7 Å². The molecule has 0 amide bonds. The Hall–Kier alpha value is -2.19. The number of likely N-dealkylation sites (N-methyl/N-ethyl adjacent to an activating group) is 2. The molecule has 2 N–H and O–H groups in total. The molecule has 1 atom stereocenters. The molecule has 27 heavy (non-hydrogen) atoms. The Kier molecular flexibility index (Phi) is 7.99. The molecule has 0 spiro atoms. The van der Waals surface area contributed by atoms with Gasteiger partial charge >= 0.3 is 0 Å². The fraction of sp³-hybridized carbons (Fsp3) is 0.632. The monoisotopic (exact) mass is 379 g/mol. The van der Waals surface area contributed by atoms with E-state index in [4.69, 9.17) is 14.2 Å². The van der Waals surface area contributed by atoms with E-state index < -0.39 is 0 Å². The molecule has 8 heteroatoms. The van der Waals surface area contributed by atoms with Crippen LogP contribution in [0, 0.1) is 0 Å². The maximum atomic E-state index is 5.41. The first-order chi connectivity index (χ1) is 13.0. The summed E-state index contributed by atoms with van der Waals surface area (Å²) in [6, 6.07) is 4.33. The van der Waals surface area contributed by atoms with E-state index in [1.54, 1.807) is 28.4 Å². The van der Waals surface area contributed by atoms with Crippen molar-refractivity contribution in [2.75, 3.05) is 68.7 Å². The van der Waals surface area contributed by atoms with E-state index in [0.717, 1.165) is 37.7 Å². The van der Waals surface area contributed by atoms with Crippen LogP contribution >= 0.6 is 0 Å². The van der Waals surface area contributed by atoms with Crippen LogP contribution in [-0.4, -0.2) is 90.5 Å². The van der Waals surface area contributed by atoms with Gasteiger partial charge in [-0.25, -0.2) is 0 Å². The summed E-state index contributed by atoms with van der Waals surface area (Å²) < 4.78 is 16.2. The van der Waals surface area contributed by atoms with Gasteiger partial charge in [-0.15, -0.1) is 0 Å². The van der Waals surface area contributed by atoms with Crippen LogP contribution in [0.5, 0.6) is 17.2 Å². The summed E-state index contributed by atoms with van der Waals surface area (Å²) in [6.45, 7) is 4.68. The Morgan fingerprint density at radius 2 is 1.74 bits per heavy atom. The lowest BCUT2D eigenvalue weighted by atomic mass is 10.1. The summed E-state index contributed by atoms with van der Waals surface area (Å²) in [5.74, 6) is 2.65. The average molecular weight is 380 g/mol. The van der Waals surface area contributed by atoms with Crippen LogP contribution in [-0.2, 0) is 6.54 Å². The van der Waals surface area contributed by atoms with Gasteiger partial charge in [0.05, 0.1) is 21.3 Å². The molecule has 0 radical (unpaired) electrons. The molecule has 0 saturated carbocycles. The van der Waals surface area contributed by atoms with E-state index in [1.807, 2.05) is 12.1 Å². The smallest absolute Gasteiger partial charge is 0.203 e. The fourth-order valence-electron chi connectivity index (χ4n) is 3.18. The van der Waals surface area contributed by atoms with Crippen LogP contribution in [0.4, 0.5) is 0 Å². The zero-order valence-electron chi connectivity index (χ0n) is 17.3. The molecule has 1 fully saturated rings. The summed E-state index contributed by atoms with van der Waals surface area (Å²) in [6.07, 6.45) is 0. The molecule has 1 heterocycles. The van der Waals surface area contributed by atoms with Crippen molar-refractivity contribution >= 4 is 5.96 Å². The number of piperazine rings is 1. The predicted octanol–water partition coefficient (Wildman–Crippen LogP) is 0.623. The highest BCUT2D eigenvalue weighted by molar-refractivity contribution is 5.79. The number of guanidine groups is 1. The van der Waals surface area contributed by atoms with Crippen LogP contribution in [0.3, 0.4) is 0 Å². The highest BCUT2D eigenvalue weighted by atomic mass is 16.5. The van der Waals surface area contributed by atoms with Crippen molar-refractivity contribution in [1.82, 2.24) is 20.4 Å². The summed E-state index contributed by atoms with van der Waals surface area (Å²) >= 11 is 0. The standard InChI is InChI=1S/C19H33N5O3/c1-20-19(22-12-15-13-23(2)7-8-24(15)3)21-11-14-9-16(25-4)18(27-6)17(10-14)26-5/h9-10,15H,7-8,11-13H2,1-6H3,(H2,20,21,22). The van der Waals surface area contributed by atoms with Gasteiger partial charge in [-0.1, -0.05) is 0 Å². The van der Waals surface area contributed by atoms with Crippen molar-refractivity contribution in [3.63, 3.8) is 0 Å². The second kappa shape index (κ2) is 10.2. The fourth-order valence-corrected chi connectivity index (χ4v) is 3.18. The number of benzene rings is 1. The van der Waals surface area contributed by atoms with Crippen molar-refractivity contribution in [2.24, 2.45) is 4.99 Å². The normalized spacial score (nSPS) is 18.9. The van der Waals surface area contributed by atoms with Gasteiger partial charge in [0.25, 0.3) is 0 Å². The van der Waals surface area contributed by atoms with E-state index in [2.05, 4.69) is 39.5 Å². The third kappa shape index (κ3) is 5.64. The van der Waals surface area contributed by atoms with Crippen molar-refractivity contribution in [3.05, 3.63) is 17.7 Å². The Labute approximate surface area is 162 Å². The minimum Gasteiger partial charge on any atom is -0.493 e. The third-order valence-corrected chi connectivity index (χ3v) is 4.89. The Bertz CT molecular complexity index is 613. The zero-order chi connectivity index (χ0) is 19.8. The molecule has 152 valence electrons. The van der Waals surface area contributed by atoms with Crippen LogP contribution in [0.25, 0.3) is 0 Å². The molecule has 1 aromatic carbocycles. The average Bonchev–Trinajstić information content (AvgIpc) is 2.69. The summed E-state index contributed by atoms with van der Waals surface area (Å²) in [5, 5.41) is 6.77. The van der Waals surface area contributed by atoms with Crippen molar-refractivity contribution in [1.29, 1.82) is 0 Å². The van der Waals surface area contributed by atoms with Gasteiger partial charge in [-0.3, -0.25) is 9.89 Å². The molecule has 1 aliphatic rings. The number of hydrogen-bond acceptors (Lipinski definition) is 6. The van der Waals surface area contributed by atoms with Crippen LogP contribution in [0.2, 0.25) is 0 Å². The number of hydrogen-bond donors (Lipinski definition) is 2. The number of rotatable bonds is 7. The molecule has 2 rings (SSSR count). The van der Waals surface area contributed by atoms with E-state index >= 15 is 0 Å². The molecule has 1 unspecified atom stereocenters. The molecule has 0 aliphatic carbocycles. The van der Waals surface area contributed by atoms with Gasteiger partial charge in [-0.05, 0) is 31.8 Å². The SMILES string of the molecule is CN=C(NCc1cc(OC)c(OC)c(OC)c1)NCC1CN(C)CCN1C. The molecule has 0 bridgehead atoms. The number of methoxy groups -OCH3 is 3. The highest BCUT2D eigenvalue weighted by Gasteiger charge is 2.22. The number of nitrogens with one attached hydrogen (secondary N) is 2. The minimum absolute atomic E-state index is 0.462. The largest absolute Gasteiger partial charge is 0.493 e. The topological polar surface area (TPSA) is 70.6 Å². The number of nitrogens with zero attached hydrogens (tertiary/aromatic N) is 3. The van der Waals surface area contributed by atoms with Crippen LogP contribution < -0.4 is 24.8 Å². The molecular formula is C19H33N5O3. The Morgan fingerprint density at radius 3 is 2.30 bits per heavy atom. The second-order valence-electron chi connectivity index (χ2n) is 6.74. The summed E-state index contributed by atoms with van der Waals surface area (Å²) in [4.78, 5) is 9.07. The van der Waals surface area contributed by atoms with Gasteiger partial charge in [0, 0.05) is 45.8 Å². The maximum Gasteiger partial charge on any atom is 0.203 e. The zero-order valence-corrected chi connectivity index (χ0v) is 17.3. The maximum absolute atomic E-state index is 5.41. The first-order valence-corrected chi connectivity index (χ1v) is 9.14. The molecule has 1 aromatic rings. The first-order valence-electron chi connectivity index (χ1n) is 9.14. The van der Waals surface area contributed by atoms with Gasteiger partial charge in [0.15, 0.2) is 17.5 Å². The first kappa shape index (κ1) is 21.1. The van der Waals surface area contributed by atoms with Gasteiger partial charge in [0.2, 0.25) is 5.75 Å². The second-order valence-corrected chi connectivity index (χ2v) is 6.74. The molecule has 1 saturated heterocycles. The van der Waals surface area contributed by atoms with Crippen LogP contribution in [0.15, 0.2) is 17.1 Å².